The molecule has 0 amide bonds. The smallest absolute Gasteiger partial charge is 0.321 e. The first kappa shape index (κ1) is 17.8. The van der Waals surface area contributed by atoms with Gasteiger partial charge in [0.05, 0.1) is 0 Å². The summed E-state index contributed by atoms with van der Waals surface area (Å²) in [6.07, 6.45) is 6.04. The van der Waals surface area contributed by atoms with Gasteiger partial charge in [-0.2, -0.15) is 0 Å². The van der Waals surface area contributed by atoms with Crippen LogP contribution in [0, 0.1) is 0 Å². The average Bonchev–Trinajstić information content (AvgIpc) is 2.35. The largest absolute Gasteiger partial charge is 0.742 e. The molecule has 0 aliphatic heterocycles. The number of hydrogen-bond donors (Lipinski definition) is 2. The minimum Gasteiger partial charge on any atom is -0.742 e. The fourth-order valence-electron chi connectivity index (χ4n) is 2.52. The van der Waals surface area contributed by atoms with Gasteiger partial charge in [-0.1, -0.05) is 46.1 Å². The molecule has 0 aliphatic carbocycles. The quantitative estimate of drug-likeness (QED) is 0.600. The molecule has 114 valence electrons. The highest BCUT2D eigenvalue weighted by molar-refractivity contribution is 8.16. The Balaban J connectivity index is 3.42. The molecule has 0 heterocycles. The van der Waals surface area contributed by atoms with Crippen LogP contribution in [-0.2, 0) is 30.2 Å². The molecule has 0 atom stereocenters. The minimum absolute atomic E-state index is 0.701. The second kappa shape index (κ2) is 8.26. The highest BCUT2D eigenvalue weighted by Crippen LogP contribution is 2.32. The summed E-state index contributed by atoms with van der Waals surface area (Å²) in [5.74, 6) is 0. The van der Waals surface area contributed by atoms with Gasteiger partial charge in [-0.05, 0) is 30.4 Å². The van der Waals surface area contributed by atoms with Crippen molar-refractivity contribution in [2.75, 3.05) is 0 Å². The summed E-state index contributed by atoms with van der Waals surface area (Å²) in [5, 5.41) is 0. The normalized spacial score (nSPS) is 11.7. The Labute approximate surface area is 125 Å². The summed E-state index contributed by atoms with van der Waals surface area (Å²) in [6.45, 7) is 2.32. The number of hydrogen-bond acceptors (Lipinski definition) is 1. The van der Waals surface area contributed by atoms with Gasteiger partial charge in [0.1, 0.15) is 0 Å². The fraction of sp³-hybridized carbons (Fsp3) is 0.600. The van der Waals surface area contributed by atoms with Crippen LogP contribution in [0.25, 0.3) is 0 Å². The lowest BCUT2D eigenvalue weighted by Gasteiger charge is -2.14. The van der Waals surface area contributed by atoms with Gasteiger partial charge in [0.25, 0.3) is 0 Å². The predicted molar refractivity (Wildman–Crippen MR) is 85.4 cm³/mol. The molecule has 1 aromatic rings. The molecule has 0 unspecified atom stereocenters. The van der Waals surface area contributed by atoms with Gasteiger partial charge in [-0.15, -0.1) is 0 Å². The SMILES string of the molecule is CCCc1ccc([S+]=P([O-])(O)O)c(CCC)c1CCC. The molecule has 1 rings (SSSR count). The Bertz CT molecular complexity index is 486. The lowest BCUT2D eigenvalue weighted by Crippen LogP contribution is -2.05. The highest BCUT2D eigenvalue weighted by Gasteiger charge is 2.20. The van der Waals surface area contributed by atoms with Crippen LogP contribution in [0.4, 0.5) is 0 Å². The lowest BCUT2D eigenvalue weighted by molar-refractivity contribution is -0.196. The first-order valence-electron chi connectivity index (χ1n) is 7.31. The van der Waals surface area contributed by atoms with Gasteiger partial charge in [0, 0.05) is 11.6 Å². The molecule has 0 bridgehead atoms. The molecular weight excluding hydrogens is 291 g/mol. The molecule has 0 fully saturated rings. The molecule has 0 saturated heterocycles. The van der Waals surface area contributed by atoms with E-state index in [1.54, 1.807) is 0 Å². The van der Waals surface area contributed by atoms with Crippen LogP contribution in [0.5, 0.6) is 0 Å². The van der Waals surface area contributed by atoms with Crippen molar-refractivity contribution in [3.05, 3.63) is 28.8 Å². The van der Waals surface area contributed by atoms with Crippen molar-refractivity contribution >= 4 is 17.7 Å². The van der Waals surface area contributed by atoms with Gasteiger partial charge in [0.15, 0.2) is 0 Å². The van der Waals surface area contributed by atoms with Crippen LogP contribution in [-0.4, -0.2) is 9.79 Å². The number of rotatable bonds is 7. The third kappa shape index (κ3) is 5.27. The maximum Gasteiger partial charge on any atom is 0.321 e. The average molecular weight is 316 g/mol. The summed E-state index contributed by atoms with van der Waals surface area (Å²) >= 11 is 0. The van der Waals surface area contributed by atoms with Crippen LogP contribution in [0.3, 0.4) is 0 Å². The van der Waals surface area contributed by atoms with E-state index >= 15 is 0 Å². The number of benzene rings is 1. The summed E-state index contributed by atoms with van der Waals surface area (Å²) in [4.78, 5) is 30.5. The summed E-state index contributed by atoms with van der Waals surface area (Å²) < 4.78 is 0. The van der Waals surface area contributed by atoms with Crippen molar-refractivity contribution in [2.24, 2.45) is 0 Å². The number of aryl methyl sites for hydroxylation is 1. The van der Waals surface area contributed by atoms with Crippen LogP contribution in [0.2, 0.25) is 0 Å². The Morgan fingerprint density at radius 1 is 0.950 bits per heavy atom. The van der Waals surface area contributed by atoms with E-state index in [1.807, 2.05) is 12.1 Å². The van der Waals surface area contributed by atoms with E-state index in [0.29, 0.717) is 10.9 Å². The van der Waals surface area contributed by atoms with Crippen LogP contribution in [0.1, 0.15) is 56.7 Å². The van der Waals surface area contributed by atoms with Gasteiger partial charge < -0.3 is 14.7 Å². The molecule has 0 radical (unpaired) electrons. The highest BCUT2D eigenvalue weighted by atomic mass is 32.5. The molecule has 0 saturated carbocycles. The molecule has 0 aromatic heterocycles. The third-order valence-electron chi connectivity index (χ3n) is 3.22. The molecular formula is C15H25O3PS. The predicted octanol–water partition coefficient (Wildman–Crippen LogP) is 3.01. The van der Waals surface area contributed by atoms with Crippen molar-refractivity contribution in [1.82, 2.24) is 0 Å². The standard InChI is InChI=1S/C15H25O3PS/c1-4-7-12-10-11-15(20-19(16,17)18)14(9-6-3)13(12)8-5-2/h10-11H,4-9H2,1-3H3,(H2-,16,17,18). The van der Waals surface area contributed by atoms with Crippen molar-refractivity contribution in [3.8, 4) is 0 Å². The molecule has 5 heteroatoms. The summed E-state index contributed by atoms with van der Waals surface area (Å²) in [7, 11) is 0.701. The molecule has 0 spiro atoms. The van der Waals surface area contributed by atoms with Gasteiger partial charge in [-0.3, -0.25) is 0 Å². The van der Waals surface area contributed by atoms with Crippen molar-refractivity contribution in [1.29, 1.82) is 0 Å². The van der Waals surface area contributed by atoms with E-state index in [1.165, 1.54) is 11.1 Å². The maximum atomic E-state index is 11.3. The Morgan fingerprint density at radius 2 is 1.50 bits per heavy atom. The van der Waals surface area contributed by atoms with E-state index in [0.717, 1.165) is 49.0 Å². The second-order valence-corrected chi connectivity index (χ2v) is 8.59. The van der Waals surface area contributed by atoms with Gasteiger partial charge in [0.2, 0.25) is 15.8 Å². The molecule has 3 nitrogen and oxygen atoms in total. The van der Waals surface area contributed by atoms with Crippen LogP contribution >= 0.6 is 6.72 Å². The summed E-state index contributed by atoms with van der Waals surface area (Å²) in [5.41, 5.74) is 3.80. The van der Waals surface area contributed by atoms with Gasteiger partial charge in [-0.25, -0.2) is 0 Å². The Morgan fingerprint density at radius 3 is 2.00 bits per heavy atom. The lowest BCUT2D eigenvalue weighted by atomic mass is 9.92. The Kier molecular flexibility index (Phi) is 7.35. The van der Waals surface area contributed by atoms with Crippen molar-refractivity contribution in [2.45, 2.75) is 64.2 Å². The van der Waals surface area contributed by atoms with E-state index in [9.17, 15) is 14.7 Å². The monoisotopic (exact) mass is 316 g/mol. The summed E-state index contributed by atoms with van der Waals surface area (Å²) in [6, 6.07) is 3.94. The van der Waals surface area contributed by atoms with Crippen molar-refractivity contribution < 1.29 is 14.7 Å². The topological polar surface area (TPSA) is 63.5 Å². The molecule has 0 aliphatic rings. The Hall–Kier alpha value is -0.250. The first-order valence-corrected chi connectivity index (χ1v) is 10.3. The molecule has 2 N–H and O–H groups in total. The van der Waals surface area contributed by atoms with E-state index < -0.39 is 6.72 Å². The third-order valence-corrected chi connectivity index (χ3v) is 5.34. The zero-order valence-electron chi connectivity index (χ0n) is 12.6. The fourth-order valence-corrected chi connectivity index (χ4v) is 4.53. The van der Waals surface area contributed by atoms with E-state index in [-0.39, 0.29) is 0 Å². The zero-order chi connectivity index (χ0) is 15.2. The van der Waals surface area contributed by atoms with Crippen LogP contribution < -0.4 is 4.89 Å². The maximum absolute atomic E-state index is 11.3. The van der Waals surface area contributed by atoms with E-state index in [4.69, 9.17) is 0 Å². The van der Waals surface area contributed by atoms with Crippen molar-refractivity contribution in [3.63, 3.8) is 0 Å². The van der Waals surface area contributed by atoms with Gasteiger partial charge >= 0.3 is 6.72 Å². The van der Waals surface area contributed by atoms with E-state index in [2.05, 4.69) is 20.8 Å². The second-order valence-electron chi connectivity index (χ2n) is 5.01. The zero-order valence-corrected chi connectivity index (χ0v) is 14.3. The molecule has 20 heavy (non-hydrogen) atoms. The molecule has 1 aromatic carbocycles. The minimum atomic E-state index is -4.09. The first-order chi connectivity index (χ1) is 9.42. The van der Waals surface area contributed by atoms with Crippen LogP contribution in [0.15, 0.2) is 17.0 Å².